The summed E-state index contributed by atoms with van der Waals surface area (Å²) < 4.78 is 5.55. The molecule has 1 aromatic rings. The number of aromatic nitrogens is 1. The van der Waals surface area contributed by atoms with Gasteiger partial charge in [0.15, 0.2) is 0 Å². The van der Waals surface area contributed by atoms with Gasteiger partial charge in [-0.15, -0.1) is 0 Å². The van der Waals surface area contributed by atoms with Gasteiger partial charge in [-0.2, -0.15) is 0 Å². The summed E-state index contributed by atoms with van der Waals surface area (Å²) >= 11 is 0. The van der Waals surface area contributed by atoms with Crippen LogP contribution in [0.25, 0.3) is 0 Å². The summed E-state index contributed by atoms with van der Waals surface area (Å²) in [5.74, 6) is 0. The van der Waals surface area contributed by atoms with E-state index >= 15 is 0 Å². The molecule has 1 aliphatic rings. The highest BCUT2D eigenvalue weighted by Crippen LogP contribution is 2.31. The molecule has 2 rings (SSSR count). The van der Waals surface area contributed by atoms with Gasteiger partial charge in [-0.25, -0.2) is 4.79 Å². The van der Waals surface area contributed by atoms with Crippen molar-refractivity contribution < 1.29 is 9.53 Å². The van der Waals surface area contributed by atoms with Gasteiger partial charge in [-0.3, -0.25) is 4.98 Å². The van der Waals surface area contributed by atoms with E-state index in [-0.39, 0.29) is 12.1 Å². The normalized spacial score (nSPS) is 20.0. The van der Waals surface area contributed by atoms with Gasteiger partial charge < -0.3 is 15.4 Å². The van der Waals surface area contributed by atoms with Crippen molar-refractivity contribution in [3.05, 3.63) is 24.0 Å². The molecule has 5 nitrogen and oxygen atoms in total. The van der Waals surface area contributed by atoms with Gasteiger partial charge in [-0.1, -0.05) is 12.8 Å². The Bertz CT molecular complexity index is 497. The van der Waals surface area contributed by atoms with Crippen LogP contribution in [-0.4, -0.2) is 28.1 Å². The molecule has 116 valence electrons. The average Bonchev–Trinajstić information content (AvgIpc) is 2.62. The fraction of sp³-hybridized carbons (Fsp3) is 0.625. The molecule has 5 heteroatoms. The van der Waals surface area contributed by atoms with E-state index < -0.39 is 5.60 Å². The minimum atomic E-state index is -0.484. The summed E-state index contributed by atoms with van der Waals surface area (Å²) in [7, 11) is 0. The Kier molecular flexibility index (Phi) is 4.70. The molecule has 1 aromatic heterocycles. The molecule has 1 aliphatic heterocycles. The maximum absolute atomic E-state index is 12.5. The molecule has 2 N–H and O–H groups in total. The van der Waals surface area contributed by atoms with Crippen molar-refractivity contribution in [3.63, 3.8) is 0 Å². The fourth-order valence-corrected chi connectivity index (χ4v) is 2.65. The minimum absolute atomic E-state index is 0.00153. The predicted octanol–water partition coefficient (Wildman–Crippen LogP) is 3.52. The van der Waals surface area contributed by atoms with E-state index in [0.29, 0.717) is 12.2 Å². The fourth-order valence-electron chi connectivity index (χ4n) is 2.65. The van der Waals surface area contributed by atoms with Crippen molar-refractivity contribution in [2.45, 2.75) is 58.1 Å². The molecule has 0 aliphatic carbocycles. The number of hydrogen-bond donors (Lipinski definition) is 1. The molecule has 0 spiro atoms. The SMILES string of the molecule is CC(C)(C)OC(=O)N1CCCCC[C@@H]1c1cncc(N)c1. The number of rotatable bonds is 1. The van der Waals surface area contributed by atoms with E-state index in [2.05, 4.69) is 4.98 Å². The van der Waals surface area contributed by atoms with Gasteiger partial charge in [-0.05, 0) is 45.2 Å². The lowest BCUT2D eigenvalue weighted by Gasteiger charge is -2.32. The van der Waals surface area contributed by atoms with Crippen LogP contribution < -0.4 is 5.73 Å². The van der Waals surface area contributed by atoms with Crippen LogP contribution in [0.2, 0.25) is 0 Å². The van der Waals surface area contributed by atoms with Crippen LogP contribution in [0.4, 0.5) is 10.5 Å². The van der Waals surface area contributed by atoms with Crippen molar-refractivity contribution in [2.24, 2.45) is 0 Å². The van der Waals surface area contributed by atoms with E-state index in [9.17, 15) is 4.79 Å². The maximum Gasteiger partial charge on any atom is 0.410 e. The van der Waals surface area contributed by atoms with Crippen molar-refractivity contribution in [2.75, 3.05) is 12.3 Å². The Labute approximate surface area is 126 Å². The Hall–Kier alpha value is -1.78. The molecule has 1 atom stereocenters. The first kappa shape index (κ1) is 15.6. The number of amides is 1. The monoisotopic (exact) mass is 291 g/mol. The van der Waals surface area contributed by atoms with Gasteiger partial charge >= 0.3 is 6.09 Å². The zero-order valence-corrected chi connectivity index (χ0v) is 13.1. The molecular weight excluding hydrogens is 266 g/mol. The summed E-state index contributed by atoms with van der Waals surface area (Å²) in [6.45, 7) is 6.38. The molecule has 1 fully saturated rings. The third kappa shape index (κ3) is 4.34. The highest BCUT2D eigenvalue weighted by atomic mass is 16.6. The number of nitrogen functional groups attached to an aromatic ring is 1. The maximum atomic E-state index is 12.5. The molecule has 0 bridgehead atoms. The van der Waals surface area contributed by atoms with Crippen LogP contribution in [0.15, 0.2) is 18.5 Å². The second kappa shape index (κ2) is 6.33. The van der Waals surface area contributed by atoms with Gasteiger partial charge in [0, 0.05) is 18.9 Å². The smallest absolute Gasteiger partial charge is 0.410 e. The number of hydrogen-bond acceptors (Lipinski definition) is 4. The molecule has 2 heterocycles. The zero-order valence-electron chi connectivity index (χ0n) is 13.1. The van der Waals surface area contributed by atoms with Gasteiger partial charge in [0.2, 0.25) is 0 Å². The molecular formula is C16H25N3O2. The Morgan fingerprint density at radius 1 is 1.33 bits per heavy atom. The second-order valence-corrected chi connectivity index (χ2v) is 6.59. The number of nitrogens with two attached hydrogens (primary N) is 1. The standard InChI is InChI=1S/C16H25N3O2/c1-16(2,3)21-15(20)19-8-6-4-5-7-14(19)12-9-13(17)11-18-10-12/h9-11,14H,4-8,17H2,1-3H3/t14-/m1/s1. The number of nitrogens with zero attached hydrogens (tertiary/aromatic N) is 2. The lowest BCUT2D eigenvalue weighted by molar-refractivity contribution is 0.0163. The molecule has 1 saturated heterocycles. The van der Waals surface area contributed by atoms with E-state index in [1.54, 1.807) is 12.4 Å². The number of likely N-dealkylation sites (tertiary alicyclic amines) is 1. The van der Waals surface area contributed by atoms with Gasteiger partial charge in [0.05, 0.1) is 11.7 Å². The lowest BCUT2D eigenvalue weighted by atomic mass is 10.0. The van der Waals surface area contributed by atoms with E-state index in [1.165, 1.54) is 0 Å². The average molecular weight is 291 g/mol. The van der Waals surface area contributed by atoms with E-state index in [0.717, 1.165) is 31.2 Å². The van der Waals surface area contributed by atoms with Crippen LogP contribution in [0.1, 0.15) is 58.1 Å². The highest BCUT2D eigenvalue weighted by molar-refractivity contribution is 5.69. The van der Waals surface area contributed by atoms with Gasteiger partial charge in [0.25, 0.3) is 0 Å². The van der Waals surface area contributed by atoms with Crippen molar-refractivity contribution in [1.29, 1.82) is 0 Å². The highest BCUT2D eigenvalue weighted by Gasteiger charge is 2.30. The number of carbonyl (C=O) groups is 1. The molecule has 21 heavy (non-hydrogen) atoms. The van der Waals surface area contributed by atoms with Crippen LogP contribution in [0.3, 0.4) is 0 Å². The Morgan fingerprint density at radius 2 is 2.10 bits per heavy atom. The van der Waals surface area contributed by atoms with Crippen molar-refractivity contribution in [3.8, 4) is 0 Å². The summed E-state index contributed by atoms with van der Waals surface area (Å²) in [6, 6.07) is 1.90. The Morgan fingerprint density at radius 3 is 2.76 bits per heavy atom. The molecule has 0 radical (unpaired) electrons. The predicted molar refractivity (Wildman–Crippen MR) is 82.8 cm³/mol. The number of carbonyl (C=O) groups excluding carboxylic acids is 1. The Balaban J connectivity index is 2.24. The third-order valence-electron chi connectivity index (χ3n) is 3.55. The van der Waals surface area contributed by atoms with E-state index in [4.69, 9.17) is 10.5 Å². The molecule has 0 unspecified atom stereocenters. The van der Waals surface area contributed by atoms with Crippen LogP contribution in [-0.2, 0) is 4.74 Å². The first-order valence-corrected chi connectivity index (χ1v) is 7.57. The quantitative estimate of drug-likeness (QED) is 0.859. The van der Waals surface area contributed by atoms with Crippen LogP contribution in [0, 0.1) is 0 Å². The van der Waals surface area contributed by atoms with Crippen LogP contribution in [0.5, 0.6) is 0 Å². The summed E-state index contributed by atoms with van der Waals surface area (Å²) in [6.07, 6.45) is 7.32. The number of pyridine rings is 1. The number of anilines is 1. The molecule has 1 amide bonds. The number of ether oxygens (including phenoxy) is 1. The second-order valence-electron chi connectivity index (χ2n) is 6.59. The largest absolute Gasteiger partial charge is 0.444 e. The summed E-state index contributed by atoms with van der Waals surface area (Å²) in [5, 5.41) is 0. The van der Waals surface area contributed by atoms with Gasteiger partial charge in [0.1, 0.15) is 5.60 Å². The first-order valence-electron chi connectivity index (χ1n) is 7.57. The van der Waals surface area contributed by atoms with Crippen molar-refractivity contribution in [1.82, 2.24) is 9.88 Å². The van der Waals surface area contributed by atoms with Crippen LogP contribution >= 0.6 is 0 Å². The summed E-state index contributed by atoms with van der Waals surface area (Å²) in [5.41, 5.74) is 6.96. The topological polar surface area (TPSA) is 68.5 Å². The molecule has 0 saturated carbocycles. The first-order chi connectivity index (χ1) is 9.87. The lowest BCUT2D eigenvalue weighted by Crippen LogP contribution is -2.39. The summed E-state index contributed by atoms with van der Waals surface area (Å²) in [4.78, 5) is 18.5. The van der Waals surface area contributed by atoms with E-state index in [1.807, 2.05) is 31.7 Å². The molecule has 0 aromatic carbocycles. The van der Waals surface area contributed by atoms with Crippen molar-refractivity contribution >= 4 is 11.8 Å². The third-order valence-corrected chi connectivity index (χ3v) is 3.55. The zero-order chi connectivity index (χ0) is 15.5. The minimum Gasteiger partial charge on any atom is -0.444 e.